The second kappa shape index (κ2) is 7.65. The van der Waals surface area contributed by atoms with Crippen LogP contribution >= 0.6 is 0 Å². The van der Waals surface area contributed by atoms with Crippen molar-refractivity contribution in [2.75, 3.05) is 32.8 Å². The third-order valence-electron chi connectivity index (χ3n) is 2.62. The van der Waals surface area contributed by atoms with Crippen LogP contribution in [0.4, 0.5) is 0 Å². The number of hydrogen-bond acceptors (Lipinski definition) is 3. The van der Waals surface area contributed by atoms with Gasteiger partial charge in [0.15, 0.2) is 0 Å². The molecule has 0 aromatic rings. The predicted octanol–water partition coefficient (Wildman–Crippen LogP) is 0.529. The van der Waals surface area contributed by atoms with Gasteiger partial charge >= 0.3 is 0 Å². The maximum absolute atomic E-state index is 11.2. The van der Waals surface area contributed by atoms with E-state index in [1.165, 1.54) is 0 Å². The Morgan fingerprint density at radius 3 is 2.87 bits per heavy atom. The number of carbonyl (C=O) groups excluding carboxylic acids is 1. The van der Waals surface area contributed by atoms with Crippen molar-refractivity contribution in [3.8, 4) is 0 Å². The summed E-state index contributed by atoms with van der Waals surface area (Å²) in [6.07, 6.45) is 3.30. The summed E-state index contributed by atoms with van der Waals surface area (Å²) in [4.78, 5) is 11.2. The molecule has 0 aromatic carbocycles. The summed E-state index contributed by atoms with van der Waals surface area (Å²) < 4.78 is 5.39. The molecule has 0 radical (unpaired) electrons. The molecule has 1 saturated heterocycles. The first kappa shape index (κ1) is 12.5. The van der Waals surface area contributed by atoms with Crippen molar-refractivity contribution in [3.05, 3.63) is 0 Å². The molecule has 1 rings (SSSR count). The van der Waals surface area contributed by atoms with Crippen LogP contribution in [0.5, 0.6) is 0 Å². The van der Waals surface area contributed by atoms with Gasteiger partial charge in [0.25, 0.3) is 0 Å². The molecule has 88 valence electrons. The predicted molar refractivity (Wildman–Crippen MR) is 59.7 cm³/mol. The van der Waals surface area contributed by atoms with Crippen LogP contribution in [0, 0.1) is 5.92 Å². The Balaban J connectivity index is 1.97. The molecule has 0 atom stereocenters. The van der Waals surface area contributed by atoms with Crippen molar-refractivity contribution in [2.45, 2.75) is 26.2 Å². The van der Waals surface area contributed by atoms with Gasteiger partial charge in [-0.15, -0.1) is 0 Å². The Morgan fingerprint density at radius 2 is 2.20 bits per heavy atom. The van der Waals surface area contributed by atoms with Gasteiger partial charge in [-0.05, 0) is 38.3 Å². The zero-order chi connectivity index (χ0) is 10.9. The van der Waals surface area contributed by atoms with Crippen molar-refractivity contribution in [1.29, 1.82) is 0 Å². The third kappa shape index (κ3) is 5.74. The number of carbonyl (C=O) groups is 1. The molecule has 4 nitrogen and oxygen atoms in total. The first-order chi connectivity index (χ1) is 7.33. The average molecular weight is 214 g/mol. The maximum Gasteiger partial charge on any atom is 0.245 e. The third-order valence-corrected chi connectivity index (χ3v) is 2.62. The van der Waals surface area contributed by atoms with E-state index in [9.17, 15) is 4.79 Å². The van der Waals surface area contributed by atoms with E-state index in [4.69, 9.17) is 4.74 Å². The topological polar surface area (TPSA) is 50.4 Å². The Kier molecular flexibility index (Phi) is 6.36. The SMILES string of the molecule is CCCNC(=O)COCC1CCNCC1. The number of piperidine rings is 1. The first-order valence-electron chi connectivity index (χ1n) is 5.88. The van der Waals surface area contributed by atoms with Crippen LogP contribution in [0.25, 0.3) is 0 Å². The highest BCUT2D eigenvalue weighted by molar-refractivity contribution is 5.77. The molecule has 0 bridgehead atoms. The minimum absolute atomic E-state index is 0.00536. The molecule has 1 heterocycles. The minimum Gasteiger partial charge on any atom is -0.371 e. The van der Waals surface area contributed by atoms with Crippen LogP contribution < -0.4 is 10.6 Å². The number of ether oxygens (including phenoxy) is 1. The summed E-state index contributed by atoms with van der Waals surface area (Å²) in [5.74, 6) is 0.635. The zero-order valence-electron chi connectivity index (χ0n) is 9.55. The van der Waals surface area contributed by atoms with Crippen molar-refractivity contribution in [2.24, 2.45) is 5.92 Å². The van der Waals surface area contributed by atoms with Gasteiger partial charge < -0.3 is 15.4 Å². The fourth-order valence-electron chi connectivity index (χ4n) is 1.68. The highest BCUT2D eigenvalue weighted by Crippen LogP contribution is 2.11. The molecule has 1 amide bonds. The van der Waals surface area contributed by atoms with Crippen LogP contribution in [0.1, 0.15) is 26.2 Å². The molecule has 15 heavy (non-hydrogen) atoms. The highest BCUT2D eigenvalue weighted by Gasteiger charge is 2.13. The standard InChI is InChI=1S/C11H22N2O2/c1-2-5-13-11(14)9-15-8-10-3-6-12-7-4-10/h10,12H,2-9H2,1H3,(H,13,14). The lowest BCUT2D eigenvalue weighted by Crippen LogP contribution is -2.32. The summed E-state index contributed by atoms with van der Waals surface area (Å²) in [5, 5.41) is 6.10. The molecule has 1 aliphatic heterocycles. The normalized spacial score (nSPS) is 17.7. The fourth-order valence-corrected chi connectivity index (χ4v) is 1.68. The van der Waals surface area contributed by atoms with E-state index in [2.05, 4.69) is 10.6 Å². The van der Waals surface area contributed by atoms with Crippen molar-refractivity contribution < 1.29 is 9.53 Å². The van der Waals surface area contributed by atoms with E-state index < -0.39 is 0 Å². The van der Waals surface area contributed by atoms with E-state index in [1.54, 1.807) is 0 Å². The zero-order valence-corrected chi connectivity index (χ0v) is 9.55. The molecular formula is C11H22N2O2. The summed E-state index contributed by atoms with van der Waals surface area (Å²) in [7, 11) is 0. The van der Waals surface area contributed by atoms with Gasteiger partial charge in [0.05, 0.1) is 6.61 Å². The lowest BCUT2D eigenvalue weighted by Gasteiger charge is -2.22. The summed E-state index contributed by atoms with van der Waals surface area (Å²) in [6.45, 7) is 5.88. The molecule has 2 N–H and O–H groups in total. The molecule has 0 saturated carbocycles. The van der Waals surface area contributed by atoms with Crippen LogP contribution in [0.15, 0.2) is 0 Å². The fraction of sp³-hybridized carbons (Fsp3) is 0.909. The van der Waals surface area contributed by atoms with Crippen molar-refractivity contribution in [1.82, 2.24) is 10.6 Å². The molecule has 0 aromatic heterocycles. The van der Waals surface area contributed by atoms with E-state index in [0.29, 0.717) is 5.92 Å². The van der Waals surface area contributed by atoms with Crippen molar-refractivity contribution in [3.63, 3.8) is 0 Å². The van der Waals surface area contributed by atoms with Gasteiger partial charge in [0.1, 0.15) is 6.61 Å². The number of rotatable bonds is 6. The molecule has 4 heteroatoms. The van der Waals surface area contributed by atoms with Gasteiger partial charge in [-0.1, -0.05) is 6.92 Å². The Morgan fingerprint density at radius 1 is 1.47 bits per heavy atom. The van der Waals surface area contributed by atoms with Gasteiger partial charge in [-0.25, -0.2) is 0 Å². The Hall–Kier alpha value is -0.610. The lowest BCUT2D eigenvalue weighted by molar-refractivity contribution is -0.126. The van der Waals surface area contributed by atoms with E-state index >= 15 is 0 Å². The summed E-state index contributed by atoms with van der Waals surface area (Å²) >= 11 is 0. The number of nitrogens with one attached hydrogen (secondary N) is 2. The first-order valence-corrected chi connectivity index (χ1v) is 5.88. The van der Waals surface area contributed by atoms with E-state index in [0.717, 1.165) is 45.5 Å². The van der Waals surface area contributed by atoms with Crippen LogP contribution in [-0.4, -0.2) is 38.8 Å². The largest absolute Gasteiger partial charge is 0.371 e. The smallest absolute Gasteiger partial charge is 0.245 e. The quantitative estimate of drug-likeness (QED) is 0.678. The lowest BCUT2D eigenvalue weighted by atomic mass is 9.99. The van der Waals surface area contributed by atoms with Crippen LogP contribution in [-0.2, 0) is 9.53 Å². The molecule has 1 fully saturated rings. The molecular weight excluding hydrogens is 192 g/mol. The van der Waals surface area contributed by atoms with Crippen LogP contribution in [0.3, 0.4) is 0 Å². The second-order valence-corrected chi connectivity index (χ2v) is 4.06. The van der Waals surface area contributed by atoms with Gasteiger partial charge in [-0.3, -0.25) is 4.79 Å². The average Bonchev–Trinajstić information content (AvgIpc) is 2.28. The van der Waals surface area contributed by atoms with Gasteiger partial charge in [0, 0.05) is 6.54 Å². The highest BCUT2D eigenvalue weighted by atomic mass is 16.5. The molecule has 0 aliphatic carbocycles. The van der Waals surface area contributed by atoms with E-state index in [-0.39, 0.29) is 12.5 Å². The van der Waals surface area contributed by atoms with Crippen LogP contribution in [0.2, 0.25) is 0 Å². The maximum atomic E-state index is 11.2. The minimum atomic E-state index is 0.00536. The van der Waals surface area contributed by atoms with E-state index in [1.807, 2.05) is 6.92 Å². The van der Waals surface area contributed by atoms with Gasteiger partial charge in [0.2, 0.25) is 5.91 Å². The molecule has 1 aliphatic rings. The monoisotopic (exact) mass is 214 g/mol. The number of hydrogen-bond donors (Lipinski definition) is 2. The van der Waals surface area contributed by atoms with Gasteiger partial charge in [-0.2, -0.15) is 0 Å². The molecule has 0 spiro atoms. The number of amides is 1. The summed E-state index contributed by atoms with van der Waals surface area (Å²) in [5.41, 5.74) is 0. The molecule has 0 unspecified atom stereocenters. The second-order valence-electron chi connectivity index (χ2n) is 4.06. The Labute approximate surface area is 91.8 Å². The van der Waals surface area contributed by atoms with Crippen molar-refractivity contribution >= 4 is 5.91 Å². The summed E-state index contributed by atoms with van der Waals surface area (Å²) in [6, 6.07) is 0. The Bertz CT molecular complexity index is 179.